The van der Waals surface area contributed by atoms with Gasteiger partial charge in [-0.2, -0.15) is 27.9 Å². The lowest BCUT2D eigenvalue weighted by Gasteiger charge is -2.37. The zero-order valence-electron chi connectivity index (χ0n) is 20.3. The summed E-state index contributed by atoms with van der Waals surface area (Å²) in [6.07, 6.45) is -2.22. The molecule has 2 aliphatic rings. The first-order valence-electron chi connectivity index (χ1n) is 11.9. The van der Waals surface area contributed by atoms with E-state index < -0.39 is 11.7 Å². The Balaban J connectivity index is 1.49. The first kappa shape index (κ1) is 23.7. The number of nitrogens with two attached hydrogens (primary N) is 1. The van der Waals surface area contributed by atoms with Gasteiger partial charge in [-0.15, -0.1) is 5.10 Å². The van der Waals surface area contributed by atoms with Crippen LogP contribution in [0.5, 0.6) is 11.8 Å². The van der Waals surface area contributed by atoms with Crippen LogP contribution in [-0.4, -0.2) is 43.7 Å². The predicted octanol–water partition coefficient (Wildman–Crippen LogP) is 4.65. The number of aromatic nitrogens is 5. The fraction of sp³-hybridized carbons (Fsp3) is 0.542. The molecule has 1 aromatic carbocycles. The Bertz CT molecular complexity index is 1220. The van der Waals surface area contributed by atoms with Gasteiger partial charge in [0.05, 0.1) is 17.3 Å². The van der Waals surface area contributed by atoms with Gasteiger partial charge >= 0.3 is 12.2 Å². The van der Waals surface area contributed by atoms with Gasteiger partial charge in [-0.3, -0.25) is 0 Å². The average Bonchev–Trinajstić information content (AvgIpc) is 3.41. The summed E-state index contributed by atoms with van der Waals surface area (Å²) in [4.78, 5) is 6.84. The molecule has 0 spiro atoms. The largest absolute Gasteiger partial charge is 0.424 e. The molecule has 5 rings (SSSR count). The molecular weight excluding hydrogens is 459 g/mol. The van der Waals surface area contributed by atoms with Crippen molar-refractivity contribution in [2.45, 2.75) is 58.8 Å². The zero-order chi connectivity index (χ0) is 25.1. The minimum absolute atomic E-state index is 0.0437. The van der Waals surface area contributed by atoms with E-state index in [1.807, 2.05) is 26.8 Å². The van der Waals surface area contributed by atoms with Gasteiger partial charge in [-0.25, -0.2) is 4.68 Å². The van der Waals surface area contributed by atoms with Crippen LogP contribution in [0.3, 0.4) is 0 Å². The molecule has 1 aliphatic heterocycles. The standard InChI is InChI=1S/C24H30F3N7O/c1-13(2)33-23(35-18-8-5-14(3)19(10-18)24(25,26)27)29-22(31-33)34-20(9-15(4)30-34)32-11-16-6-7-17(12-32)21(16)28/h5,8-10,13,16-17,21H,6-7,11-12,28H2,1-4H3. The zero-order valence-corrected chi connectivity index (χ0v) is 20.3. The third-order valence-electron chi connectivity index (χ3n) is 7.03. The lowest BCUT2D eigenvalue weighted by atomic mass is 9.93. The summed E-state index contributed by atoms with van der Waals surface area (Å²) in [5.41, 5.74) is 6.60. The Morgan fingerprint density at radius 3 is 2.37 bits per heavy atom. The number of benzene rings is 1. The molecule has 11 heteroatoms. The van der Waals surface area contributed by atoms with Gasteiger partial charge in [0.15, 0.2) is 0 Å². The van der Waals surface area contributed by atoms with E-state index in [9.17, 15) is 13.2 Å². The molecule has 8 nitrogen and oxygen atoms in total. The van der Waals surface area contributed by atoms with Crippen LogP contribution >= 0.6 is 0 Å². The van der Waals surface area contributed by atoms with Crippen molar-refractivity contribution < 1.29 is 17.9 Å². The van der Waals surface area contributed by atoms with E-state index in [4.69, 9.17) is 10.5 Å². The van der Waals surface area contributed by atoms with Crippen LogP contribution in [0, 0.1) is 25.7 Å². The van der Waals surface area contributed by atoms with Crippen LogP contribution in [0.4, 0.5) is 19.0 Å². The topological polar surface area (TPSA) is 87.0 Å². The third-order valence-corrected chi connectivity index (χ3v) is 7.03. The van der Waals surface area contributed by atoms with Crippen LogP contribution in [0.15, 0.2) is 24.3 Å². The summed E-state index contributed by atoms with van der Waals surface area (Å²) >= 11 is 0. The quantitative estimate of drug-likeness (QED) is 0.562. The van der Waals surface area contributed by atoms with E-state index in [2.05, 4.69) is 20.1 Å². The van der Waals surface area contributed by atoms with Gasteiger partial charge in [0.1, 0.15) is 11.6 Å². The SMILES string of the molecule is Cc1cc(N2CC3CCC(C2)C3N)n(-c2nc(Oc3ccc(C)c(C(F)(F)F)c3)n(C(C)C)n2)n1. The first-order chi connectivity index (χ1) is 16.5. The van der Waals surface area contributed by atoms with E-state index in [0.717, 1.165) is 43.5 Å². The van der Waals surface area contributed by atoms with E-state index in [1.165, 1.54) is 19.1 Å². The number of alkyl halides is 3. The number of piperidine rings is 1. The van der Waals surface area contributed by atoms with Crippen molar-refractivity contribution in [1.29, 1.82) is 0 Å². The maximum atomic E-state index is 13.4. The Morgan fingerprint density at radius 2 is 1.74 bits per heavy atom. The second-order valence-corrected chi connectivity index (χ2v) is 9.94. The lowest BCUT2D eigenvalue weighted by Crippen LogP contribution is -2.49. The van der Waals surface area contributed by atoms with Crippen molar-refractivity contribution in [2.24, 2.45) is 17.6 Å². The lowest BCUT2D eigenvalue weighted by molar-refractivity contribution is -0.138. The fourth-order valence-corrected chi connectivity index (χ4v) is 5.18. The molecule has 0 radical (unpaired) electrons. The number of fused-ring (bicyclic) bond motifs is 2. The summed E-state index contributed by atoms with van der Waals surface area (Å²) in [6, 6.07) is 6.08. The molecule has 3 aromatic rings. The molecule has 188 valence electrons. The highest BCUT2D eigenvalue weighted by Crippen LogP contribution is 2.39. The number of rotatable bonds is 5. The van der Waals surface area contributed by atoms with E-state index >= 15 is 0 Å². The van der Waals surface area contributed by atoms with Crippen LogP contribution < -0.4 is 15.4 Å². The van der Waals surface area contributed by atoms with Crippen molar-refractivity contribution in [3.05, 3.63) is 41.1 Å². The van der Waals surface area contributed by atoms with Gasteiger partial charge < -0.3 is 15.4 Å². The maximum absolute atomic E-state index is 13.4. The Labute approximate surface area is 201 Å². The second-order valence-electron chi connectivity index (χ2n) is 9.94. The molecule has 2 fully saturated rings. The van der Waals surface area contributed by atoms with Crippen LogP contribution in [0.1, 0.15) is 49.6 Å². The Hall–Kier alpha value is -3.08. The molecule has 35 heavy (non-hydrogen) atoms. The Morgan fingerprint density at radius 1 is 1.06 bits per heavy atom. The molecule has 2 bridgehead atoms. The van der Waals surface area contributed by atoms with Crippen molar-refractivity contribution in [2.75, 3.05) is 18.0 Å². The van der Waals surface area contributed by atoms with E-state index in [-0.39, 0.29) is 29.4 Å². The van der Waals surface area contributed by atoms with Crippen LogP contribution in [0.2, 0.25) is 0 Å². The summed E-state index contributed by atoms with van der Waals surface area (Å²) in [5.74, 6) is 2.13. The van der Waals surface area contributed by atoms with Gasteiger partial charge in [-0.1, -0.05) is 6.07 Å². The molecule has 0 amide bonds. The van der Waals surface area contributed by atoms with Gasteiger partial charge in [0.2, 0.25) is 0 Å². The maximum Gasteiger partial charge on any atom is 0.416 e. The molecule has 1 saturated heterocycles. The molecule has 3 heterocycles. The second kappa shape index (κ2) is 8.54. The molecule has 1 saturated carbocycles. The number of ether oxygens (including phenoxy) is 1. The summed E-state index contributed by atoms with van der Waals surface area (Å²) < 4.78 is 49.3. The molecular formula is C24H30F3N7O. The third kappa shape index (κ3) is 4.37. The van der Waals surface area contributed by atoms with Gasteiger partial charge in [0.25, 0.3) is 5.95 Å². The number of aryl methyl sites for hydroxylation is 2. The monoisotopic (exact) mass is 489 g/mol. The average molecular weight is 490 g/mol. The predicted molar refractivity (Wildman–Crippen MR) is 125 cm³/mol. The first-order valence-corrected chi connectivity index (χ1v) is 11.9. The number of nitrogens with zero attached hydrogens (tertiary/aromatic N) is 6. The minimum Gasteiger partial charge on any atom is -0.424 e. The van der Waals surface area contributed by atoms with Crippen molar-refractivity contribution >= 4 is 5.82 Å². The smallest absolute Gasteiger partial charge is 0.416 e. The highest BCUT2D eigenvalue weighted by atomic mass is 19.4. The fourth-order valence-electron chi connectivity index (χ4n) is 5.18. The normalized spacial score (nSPS) is 22.3. The number of halogens is 3. The number of hydrogen-bond acceptors (Lipinski definition) is 6. The number of hydrogen-bond donors (Lipinski definition) is 1. The highest BCUT2D eigenvalue weighted by Gasteiger charge is 2.41. The summed E-state index contributed by atoms with van der Waals surface area (Å²) in [5, 5.41) is 9.24. The van der Waals surface area contributed by atoms with Gasteiger partial charge in [0, 0.05) is 25.2 Å². The minimum atomic E-state index is -4.47. The van der Waals surface area contributed by atoms with E-state index in [1.54, 1.807) is 9.36 Å². The Kier molecular flexibility index (Phi) is 5.77. The molecule has 2 atom stereocenters. The van der Waals surface area contributed by atoms with Gasteiger partial charge in [-0.05, 0) is 70.1 Å². The van der Waals surface area contributed by atoms with Crippen molar-refractivity contribution in [1.82, 2.24) is 24.5 Å². The van der Waals surface area contributed by atoms with Crippen molar-refractivity contribution in [3.8, 4) is 17.7 Å². The van der Waals surface area contributed by atoms with Crippen molar-refractivity contribution in [3.63, 3.8) is 0 Å². The highest BCUT2D eigenvalue weighted by molar-refractivity contribution is 5.46. The van der Waals surface area contributed by atoms with Crippen LogP contribution in [-0.2, 0) is 6.18 Å². The number of anilines is 1. The summed E-state index contributed by atoms with van der Waals surface area (Å²) in [6.45, 7) is 8.83. The molecule has 1 aliphatic carbocycles. The molecule has 2 N–H and O–H groups in total. The summed E-state index contributed by atoms with van der Waals surface area (Å²) in [7, 11) is 0. The van der Waals surface area contributed by atoms with Crippen LogP contribution in [0.25, 0.3) is 5.95 Å². The molecule has 2 unspecified atom stereocenters. The molecule has 2 aromatic heterocycles. The van der Waals surface area contributed by atoms with E-state index in [0.29, 0.717) is 17.8 Å².